The molecule has 3 rings (SSSR count). The molecule has 0 aliphatic carbocycles. The van der Waals surface area contributed by atoms with E-state index in [2.05, 4.69) is 10.0 Å². The van der Waals surface area contributed by atoms with Crippen molar-refractivity contribution in [2.45, 2.75) is 43.9 Å². The van der Waals surface area contributed by atoms with E-state index in [1.165, 1.54) is 0 Å². The molecule has 1 saturated heterocycles. The Hall–Kier alpha value is -2.45. The topological polar surface area (TPSA) is 117 Å². The maximum absolute atomic E-state index is 10.2. The van der Waals surface area contributed by atoms with Gasteiger partial charge >= 0.3 is 0 Å². The molecule has 2 N–H and O–H groups in total. The van der Waals surface area contributed by atoms with Crippen molar-refractivity contribution in [2.24, 2.45) is 5.11 Å². The third kappa shape index (κ3) is 5.08. The van der Waals surface area contributed by atoms with Crippen LogP contribution in [0, 0.1) is 0 Å². The van der Waals surface area contributed by atoms with Crippen LogP contribution in [0.2, 0.25) is 0 Å². The number of rotatable bonds is 8. The van der Waals surface area contributed by atoms with Crippen LogP contribution in [-0.2, 0) is 27.4 Å². The van der Waals surface area contributed by atoms with E-state index in [9.17, 15) is 10.2 Å². The summed E-state index contributed by atoms with van der Waals surface area (Å²) < 4.78 is 17.4. The summed E-state index contributed by atoms with van der Waals surface area (Å²) in [5, 5.41) is 23.6. The van der Waals surface area contributed by atoms with Gasteiger partial charge in [0.25, 0.3) is 0 Å². The fourth-order valence-corrected chi connectivity index (χ4v) is 3.16. The first-order chi connectivity index (χ1) is 13.7. The molecule has 148 valence electrons. The van der Waals surface area contributed by atoms with Crippen LogP contribution in [-0.4, -0.2) is 47.5 Å². The molecular weight excluding hydrogens is 362 g/mol. The lowest BCUT2D eigenvalue weighted by molar-refractivity contribution is -0.270. The van der Waals surface area contributed by atoms with E-state index in [-0.39, 0.29) is 19.8 Å². The van der Waals surface area contributed by atoms with E-state index in [4.69, 9.17) is 19.7 Å². The summed E-state index contributed by atoms with van der Waals surface area (Å²) >= 11 is 0. The molecule has 1 aliphatic rings. The van der Waals surface area contributed by atoms with Gasteiger partial charge in [-0.15, -0.1) is 0 Å². The zero-order valence-electron chi connectivity index (χ0n) is 15.2. The van der Waals surface area contributed by atoms with Gasteiger partial charge in [0.2, 0.25) is 0 Å². The Morgan fingerprint density at radius 1 is 0.929 bits per heavy atom. The van der Waals surface area contributed by atoms with Gasteiger partial charge in [-0.25, -0.2) is 0 Å². The van der Waals surface area contributed by atoms with Gasteiger partial charge < -0.3 is 24.4 Å². The molecule has 28 heavy (non-hydrogen) atoms. The molecule has 2 aromatic carbocycles. The SMILES string of the molecule is [N-]=[N+]=NC1C(O)OC(CO)[C@@H](OCc2ccccc2)C1OCc1ccccc1. The lowest BCUT2D eigenvalue weighted by Crippen LogP contribution is -2.59. The number of ether oxygens (including phenoxy) is 3. The Kier molecular flexibility index (Phi) is 7.39. The minimum Gasteiger partial charge on any atom is -0.394 e. The lowest BCUT2D eigenvalue weighted by Gasteiger charge is -2.42. The second-order valence-electron chi connectivity index (χ2n) is 6.47. The highest BCUT2D eigenvalue weighted by atomic mass is 16.6. The fraction of sp³-hybridized carbons (Fsp3) is 0.400. The van der Waals surface area contributed by atoms with E-state index in [0.717, 1.165) is 11.1 Å². The van der Waals surface area contributed by atoms with Crippen LogP contribution in [0.4, 0.5) is 0 Å². The molecule has 8 heteroatoms. The predicted octanol–water partition coefficient (Wildman–Crippen LogP) is 2.55. The Morgan fingerprint density at radius 3 is 1.96 bits per heavy atom. The van der Waals surface area contributed by atoms with E-state index in [0.29, 0.717) is 0 Å². The van der Waals surface area contributed by atoms with Crippen molar-refractivity contribution in [2.75, 3.05) is 6.61 Å². The third-order valence-electron chi connectivity index (χ3n) is 4.57. The molecular formula is C20H23N3O5. The summed E-state index contributed by atoms with van der Waals surface area (Å²) in [6.45, 7) is 0.124. The van der Waals surface area contributed by atoms with E-state index >= 15 is 0 Å². The van der Waals surface area contributed by atoms with Crippen molar-refractivity contribution in [1.82, 2.24) is 0 Å². The molecule has 0 bridgehead atoms. The summed E-state index contributed by atoms with van der Waals surface area (Å²) in [6, 6.07) is 18.0. The Labute approximate surface area is 162 Å². The highest BCUT2D eigenvalue weighted by Gasteiger charge is 2.46. The zero-order chi connectivity index (χ0) is 19.8. The maximum atomic E-state index is 10.2. The largest absolute Gasteiger partial charge is 0.394 e. The standard InChI is InChI=1S/C20H23N3O5/c21-23-22-17-19(27-13-15-9-5-2-6-10-15)18(16(11-24)28-20(17)25)26-12-14-7-3-1-4-8-14/h1-10,16-20,24-25H,11-13H2/t16?,17?,18-,19?,20?/m1/s1. The van der Waals surface area contributed by atoms with Gasteiger partial charge in [0.05, 0.1) is 19.8 Å². The van der Waals surface area contributed by atoms with Crippen LogP contribution >= 0.6 is 0 Å². The monoisotopic (exact) mass is 385 g/mol. The summed E-state index contributed by atoms with van der Waals surface area (Å²) in [6.07, 6.45) is -3.73. The summed E-state index contributed by atoms with van der Waals surface area (Å²) in [5.41, 5.74) is 10.8. The lowest BCUT2D eigenvalue weighted by atomic mass is 9.97. The van der Waals surface area contributed by atoms with Gasteiger partial charge in [-0.3, -0.25) is 0 Å². The molecule has 0 spiro atoms. The number of hydrogen-bond acceptors (Lipinski definition) is 6. The minimum atomic E-state index is -1.40. The Balaban J connectivity index is 1.79. The second kappa shape index (κ2) is 10.2. The molecule has 0 aromatic heterocycles. The summed E-state index contributed by atoms with van der Waals surface area (Å²) in [4.78, 5) is 2.81. The minimum absolute atomic E-state index is 0.235. The highest BCUT2D eigenvalue weighted by Crippen LogP contribution is 2.28. The van der Waals surface area contributed by atoms with Crippen molar-refractivity contribution in [3.05, 3.63) is 82.2 Å². The number of aliphatic hydroxyl groups is 2. The molecule has 1 fully saturated rings. The first kappa shape index (κ1) is 20.3. The predicted molar refractivity (Wildman–Crippen MR) is 101 cm³/mol. The molecule has 1 heterocycles. The van der Waals surface area contributed by atoms with Gasteiger partial charge in [-0.05, 0) is 16.7 Å². The molecule has 0 saturated carbocycles. The first-order valence-corrected chi connectivity index (χ1v) is 9.02. The summed E-state index contributed by atoms with van der Waals surface area (Å²) in [5.74, 6) is 0. The fourth-order valence-electron chi connectivity index (χ4n) is 3.16. The van der Waals surface area contributed by atoms with Gasteiger partial charge in [-0.2, -0.15) is 0 Å². The number of azide groups is 1. The van der Waals surface area contributed by atoms with Crippen LogP contribution in [0.15, 0.2) is 65.8 Å². The number of nitrogens with zero attached hydrogens (tertiary/aromatic N) is 3. The van der Waals surface area contributed by atoms with Gasteiger partial charge in [0, 0.05) is 4.91 Å². The molecule has 0 amide bonds. The van der Waals surface area contributed by atoms with Crippen LogP contribution in [0.25, 0.3) is 10.4 Å². The van der Waals surface area contributed by atoms with Crippen molar-refractivity contribution < 1.29 is 24.4 Å². The second-order valence-corrected chi connectivity index (χ2v) is 6.47. The quantitative estimate of drug-likeness (QED) is 0.411. The van der Waals surface area contributed by atoms with Crippen molar-refractivity contribution >= 4 is 0 Å². The van der Waals surface area contributed by atoms with Crippen LogP contribution < -0.4 is 0 Å². The van der Waals surface area contributed by atoms with E-state index in [1.807, 2.05) is 60.7 Å². The normalized spacial score (nSPS) is 27.1. The molecule has 2 aromatic rings. The molecule has 1 aliphatic heterocycles. The van der Waals surface area contributed by atoms with Gasteiger partial charge in [-0.1, -0.05) is 65.8 Å². The number of benzene rings is 2. The number of aliphatic hydroxyl groups excluding tert-OH is 2. The Bertz CT molecular complexity index is 770. The molecule has 4 unspecified atom stereocenters. The van der Waals surface area contributed by atoms with Gasteiger partial charge in [0.15, 0.2) is 6.29 Å². The van der Waals surface area contributed by atoms with Crippen molar-refractivity contribution in [3.63, 3.8) is 0 Å². The molecule has 0 radical (unpaired) electrons. The van der Waals surface area contributed by atoms with Crippen LogP contribution in [0.3, 0.4) is 0 Å². The van der Waals surface area contributed by atoms with Crippen LogP contribution in [0.1, 0.15) is 11.1 Å². The van der Waals surface area contributed by atoms with E-state index < -0.39 is 30.6 Å². The zero-order valence-corrected chi connectivity index (χ0v) is 15.2. The number of hydrogen-bond donors (Lipinski definition) is 2. The van der Waals surface area contributed by atoms with Crippen molar-refractivity contribution in [3.8, 4) is 0 Å². The van der Waals surface area contributed by atoms with E-state index in [1.54, 1.807) is 0 Å². The smallest absolute Gasteiger partial charge is 0.166 e. The maximum Gasteiger partial charge on any atom is 0.166 e. The third-order valence-corrected chi connectivity index (χ3v) is 4.57. The summed E-state index contributed by atoms with van der Waals surface area (Å²) in [7, 11) is 0. The highest BCUT2D eigenvalue weighted by molar-refractivity contribution is 5.14. The average molecular weight is 385 g/mol. The first-order valence-electron chi connectivity index (χ1n) is 9.02. The molecule has 8 nitrogen and oxygen atoms in total. The van der Waals surface area contributed by atoms with Crippen molar-refractivity contribution in [1.29, 1.82) is 0 Å². The van der Waals surface area contributed by atoms with Gasteiger partial charge in [0.1, 0.15) is 24.4 Å². The average Bonchev–Trinajstić information content (AvgIpc) is 2.74. The van der Waals surface area contributed by atoms with Crippen LogP contribution in [0.5, 0.6) is 0 Å². The Morgan fingerprint density at radius 2 is 1.46 bits per heavy atom. The molecule has 5 atom stereocenters.